The number of aryl methyl sites for hydroxylation is 1. The maximum Gasteiger partial charge on any atom is 0.246 e. The zero-order valence-electron chi connectivity index (χ0n) is 15.2. The Labute approximate surface area is 180 Å². The minimum Gasteiger partial charge on any atom is -0.357 e. The number of nitrogens with one attached hydrogen (secondary N) is 2. The summed E-state index contributed by atoms with van der Waals surface area (Å²) in [7, 11) is 3.96. The number of rotatable bonds is 6. The molecule has 0 saturated carbocycles. The van der Waals surface area contributed by atoms with Gasteiger partial charge in [-0.25, -0.2) is 4.99 Å². The molecule has 0 spiro atoms. The summed E-state index contributed by atoms with van der Waals surface area (Å²) in [6.45, 7) is 3.50. The highest BCUT2D eigenvalue weighted by atomic mass is 127. The van der Waals surface area contributed by atoms with Gasteiger partial charge in [0, 0.05) is 42.7 Å². The Bertz CT molecular complexity index is 732. The summed E-state index contributed by atoms with van der Waals surface area (Å²) >= 11 is 3.48. The smallest absolute Gasteiger partial charge is 0.246 e. The van der Waals surface area contributed by atoms with Crippen LogP contribution in [0.2, 0.25) is 0 Å². The number of carbonyl (C=O) groups excluding carboxylic acids is 1. The molecular weight excluding hydrogens is 509 g/mol. The number of halogens is 2. The molecule has 0 radical (unpaired) electrons. The van der Waals surface area contributed by atoms with E-state index in [0.29, 0.717) is 12.5 Å². The van der Waals surface area contributed by atoms with Gasteiger partial charge in [-0.3, -0.25) is 4.79 Å². The van der Waals surface area contributed by atoms with E-state index in [1.54, 1.807) is 0 Å². The zero-order valence-corrected chi connectivity index (χ0v) is 19.1. The number of guanidine groups is 1. The fourth-order valence-corrected chi connectivity index (χ4v) is 2.95. The number of aromatic nitrogens is 1. The second kappa shape index (κ2) is 11.2. The molecular formula is C18H25BrIN5O. The average Bonchev–Trinajstić information content (AvgIpc) is 2.89. The molecule has 1 aromatic carbocycles. The van der Waals surface area contributed by atoms with Gasteiger partial charge >= 0.3 is 0 Å². The van der Waals surface area contributed by atoms with Gasteiger partial charge < -0.3 is 20.1 Å². The predicted octanol–water partition coefficient (Wildman–Crippen LogP) is 3.44. The van der Waals surface area contributed by atoms with Crippen LogP contribution < -0.4 is 10.6 Å². The van der Waals surface area contributed by atoms with Crippen molar-refractivity contribution in [3.63, 3.8) is 0 Å². The van der Waals surface area contributed by atoms with Crippen molar-refractivity contribution in [1.82, 2.24) is 14.8 Å². The number of anilines is 1. The fourth-order valence-electron chi connectivity index (χ4n) is 2.38. The highest BCUT2D eigenvalue weighted by molar-refractivity contribution is 14.0. The van der Waals surface area contributed by atoms with Crippen LogP contribution in [0.25, 0.3) is 0 Å². The van der Waals surface area contributed by atoms with Gasteiger partial charge in [0.05, 0.1) is 6.54 Å². The van der Waals surface area contributed by atoms with E-state index in [1.807, 2.05) is 62.4 Å². The predicted molar refractivity (Wildman–Crippen MR) is 121 cm³/mol. The average molecular weight is 534 g/mol. The summed E-state index contributed by atoms with van der Waals surface area (Å²) in [6.07, 6.45) is 2.01. The molecule has 2 N–H and O–H groups in total. The highest BCUT2D eigenvalue weighted by Gasteiger charge is 2.10. The first-order chi connectivity index (χ1) is 12.0. The number of carbonyl (C=O) groups is 1. The second-order valence-electron chi connectivity index (χ2n) is 5.70. The minimum absolute atomic E-state index is 0. The number of para-hydroxylation sites is 1. The van der Waals surface area contributed by atoms with Crippen molar-refractivity contribution in [2.75, 3.05) is 25.5 Å². The normalized spacial score (nSPS) is 10.8. The lowest BCUT2D eigenvalue weighted by Crippen LogP contribution is -2.39. The zero-order chi connectivity index (χ0) is 18.2. The summed E-state index contributed by atoms with van der Waals surface area (Å²) in [5.41, 5.74) is 1.92. The van der Waals surface area contributed by atoms with Crippen LogP contribution in [0, 0.1) is 0 Å². The Kier molecular flexibility index (Phi) is 9.71. The molecule has 0 atom stereocenters. The van der Waals surface area contributed by atoms with Gasteiger partial charge in [0.25, 0.3) is 0 Å². The molecule has 0 fully saturated rings. The van der Waals surface area contributed by atoms with Crippen molar-refractivity contribution in [3.05, 3.63) is 52.8 Å². The summed E-state index contributed by atoms with van der Waals surface area (Å²) in [4.78, 5) is 18.5. The van der Waals surface area contributed by atoms with Gasteiger partial charge in [-0.15, -0.1) is 24.0 Å². The van der Waals surface area contributed by atoms with Crippen molar-refractivity contribution in [2.45, 2.75) is 13.5 Å². The van der Waals surface area contributed by atoms with Crippen molar-refractivity contribution in [3.8, 4) is 0 Å². The fraction of sp³-hybridized carbons (Fsp3) is 0.333. The van der Waals surface area contributed by atoms with Gasteiger partial charge in [0.1, 0.15) is 6.54 Å². The Morgan fingerprint density at radius 1 is 1.31 bits per heavy atom. The molecule has 2 aromatic rings. The summed E-state index contributed by atoms with van der Waals surface area (Å²) < 4.78 is 3.11. The Hall–Kier alpha value is -1.55. The number of nitrogens with zero attached hydrogens (tertiary/aromatic N) is 3. The minimum atomic E-state index is -0.142. The van der Waals surface area contributed by atoms with Gasteiger partial charge in [0.2, 0.25) is 5.91 Å². The molecule has 2 rings (SSSR count). The van der Waals surface area contributed by atoms with E-state index in [2.05, 4.69) is 42.2 Å². The largest absolute Gasteiger partial charge is 0.357 e. The second-order valence-corrected chi connectivity index (χ2v) is 6.62. The van der Waals surface area contributed by atoms with Gasteiger partial charge in [-0.1, -0.05) is 18.2 Å². The van der Waals surface area contributed by atoms with Gasteiger partial charge in [-0.2, -0.15) is 0 Å². The van der Waals surface area contributed by atoms with E-state index < -0.39 is 0 Å². The number of aliphatic imine (C=N–C) groups is 1. The maximum atomic E-state index is 12.1. The Morgan fingerprint density at radius 2 is 2.00 bits per heavy atom. The number of amides is 1. The van der Waals surface area contributed by atoms with Crippen LogP contribution in [0.1, 0.15) is 12.6 Å². The van der Waals surface area contributed by atoms with E-state index in [1.165, 1.54) is 0 Å². The van der Waals surface area contributed by atoms with Crippen molar-refractivity contribution in [2.24, 2.45) is 12.0 Å². The highest BCUT2D eigenvalue weighted by Crippen LogP contribution is 2.15. The third kappa shape index (κ3) is 6.99. The molecule has 0 saturated heterocycles. The molecule has 26 heavy (non-hydrogen) atoms. The molecule has 0 bridgehead atoms. The molecule has 0 aliphatic heterocycles. The third-order valence-corrected chi connectivity index (χ3v) is 4.03. The molecule has 0 aliphatic rings. The summed E-state index contributed by atoms with van der Waals surface area (Å²) in [5, 5.41) is 6.06. The Balaban J connectivity index is 0.00000338. The topological polar surface area (TPSA) is 61.7 Å². The van der Waals surface area contributed by atoms with Crippen molar-refractivity contribution < 1.29 is 4.79 Å². The Morgan fingerprint density at radius 3 is 2.58 bits per heavy atom. The SMILES string of the molecule is CCNC(=NCC(=O)Nc1ccccc1)N(C)Cc1cc(Br)cn1C.I. The quantitative estimate of drug-likeness (QED) is 0.340. The number of hydrogen-bond acceptors (Lipinski definition) is 2. The van der Waals surface area contributed by atoms with Crippen molar-refractivity contribution in [1.29, 1.82) is 0 Å². The van der Waals surface area contributed by atoms with Crippen LogP contribution in [-0.2, 0) is 18.4 Å². The molecule has 6 nitrogen and oxygen atoms in total. The summed E-state index contributed by atoms with van der Waals surface area (Å²) in [5.74, 6) is 0.555. The van der Waals surface area contributed by atoms with E-state index in [9.17, 15) is 4.79 Å². The van der Waals surface area contributed by atoms with Crippen LogP contribution >= 0.6 is 39.9 Å². The van der Waals surface area contributed by atoms with Crippen LogP contribution in [0.4, 0.5) is 5.69 Å². The van der Waals surface area contributed by atoms with E-state index >= 15 is 0 Å². The van der Waals surface area contributed by atoms with Crippen LogP contribution in [0.15, 0.2) is 52.1 Å². The lowest BCUT2D eigenvalue weighted by Gasteiger charge is -2.22. The molecule has 1 aromatic heterocycles. The molecule has 1 amide bonds. The van der Waals surface area contributed by atoms with Crippen molar-refractivity contribution >= 4 is 57.5 Å². The first-order valence-electron chi connectivity index (χ1n) is 8.14. The monoisotopic (exact) mass is 533 g/mol. The molecule has 0 unspecified atom stereocenters. The van der Waals surface area contributed by atoms with E-state index in [0.717, 1.165) is 22.4 Å². The molecule has 8 heteroatoms. The van der Waals surface area contributed by atoms with Crippen LogP contribution in [0.5, 0.6) is 0 Å². The van der Waals surface area contributed by atoms with Crippen LogP contribution in [0.3, 0.4) is 0 Å². The molecule has 142 valence electrons. The van der Waals surface area contributed by atoms with Gasteiger partial charge in [0.15, 0.2) is 5.96 Å². The first-order valence-corrected chi connectivity index (χ1v) is 8.94. The standard InChI is InChI=1S/C18H24BrN5O.HI/c1-4-20-18(24(3)13-16-10-14(19)12-23(16)2)21-11-17(25)22-15-8-6-5-7-9-15;/h5-10,12H,4,11,13H2,1-3H3,(H,20,21)(H,22,25);1H. The lowest BCUT2D eigenvalue weighted by molar-refractivity contribution is -0.114. The van der Waals surface area contributed by atoms with Crippen LogP contribution in [-0.4, -0.2) is 41.5 Å². The van der Waals surface area contributed by atoms with E-state index in [4.69, 9.17) is 0 Å². The molecule has 0 aliphatic carbocycles. The maximum absolute atomic E-state index is 12.1. The summed E-state index contributed by atoms with van der Waals surface area (Å²) in [6, 6.07) is 11.5. The van der Waals surface area contributed by atoms with E-state index in [-0.39, 0.29) is 36.4 Å². The number of hydrogen-bond donors (Lipinski definition) is 2. The first kappa shape index (κ1) is 22.5. The van der Waals surface area contributed by atoms with Gasteiger partial charge in [-0.05, 0) is 41.1 Å². The lowest BCUT2D eigenvalue weighted by atomic mass is 10.3. The third-order valence-electron chi connectivity index (χ3n) is 3.60. The number of benzene rings is 1. The molecule has 1 heterocycles.